The number of nitrogens with one attached hydrogen (secondary N) is 2. The third-order valence-electron chi connectivity index (χ3n) is 4.43. The first-order chi connectivity index (χ1) is 12.6. The lowest BCUT2D eigenvalue weighted by molar-refractivity contribution is 0.101. The second kappa shape index (κ2) is 6.52. The predicted molar refractivity (Wildman–Crippen MR) is 104 cm³/mol. The lowest BCUT2D eigenvalue weighted by Gasteiger charge is -2.06. The molecule has 0 saturated carbocycles. The highest BCUT2D eigenvalue weighted by Gasteiger charge is 2.10. The Kier molecular flexibility index (Phi) is 4.05. The molecule has 0 aliphatic rings. The summed E-state index contributed by atoms with van der Waals surface area (Å²) in [5.74, 6) is 0.677. The predicted octanol–water partition coefficient (Wildman–Crippen LogP) is 4.20. The molecule has 5 nitrogen and oxygen atoms in total. The van der Waals surface area contributed by atoms with E-state index < -0.39 is 0 Å². The van der Waals surface area contributed by atoms with Crippen LogP contribution in [0.25, 0.3) is 22.4 Å². The molecule has 1 amide bonds. The monoisotopic (exact) mass is 343 g/mol. The number of rotatable bonds is 4. The van der Waals surface area contributed by atoms with E-state index in [1.807, 2.05) is 49.6 Å². The maximum Gasteiger partial charge on any atom is 0.272 e. The number of aryl methyl sites for hydroxylation is 1. The van der Waals surface area contributed by atoms with Gasteiger partial charge in [-0.25, -0.2) is 4.98 Å². The fraction of sp³-hybridized carbons (Fsp3) is 0.0952. The lowest BCUT2D eigenvalue weighted by Crippen LogP contribution is -2.15. The number of hydrogen-bond acceptors (Lipinski definition) is 2. The van der Waals surface area contributed by atoms with E-state index in [0.717, 1.165) is 40.1 Å². The minimum absolute atomic E-state index is 0.130. The fourth-order valence-corrected chi connectivity index (χ4v) is 2.95. The van der Waals surface area contributed by atoms with Gasteiger partial charge in [0.15, 0.2) is 0 Å². The number of fused-ring (bicyclic) bond motifs is 1. The molecule has 26 heavy (non-hydrogen) atoms. The van der Waals surface area contributed by atoms with Gasteiger partial charge in [-0.2, -0.15) is 0 Å². The molecule has 4 aromatic rings. The van der Waals surface area contributed by atoms with Crippen molar-refractivity contribution in [3.05, 3.63) is 79.0 Å². The average molecular weight is 343 g/mol. The van der Waals surface area contributed by atoms with Crippen molar-refractivity contribution in [2.24, 2.45) is 7.05 Å². The van der Waals surface area contributed by atoms with Crippen LogP contribution >= 0.6 is 0 Å². The van der Waals surface area contributed by atoms with E-state index in [-0.39, 0.29) is 5.91 Å². The van der Waals surface area contributed by atoms with Crippen molar-refractivity contribution < 1.29 is 4.79 Å². The molecule has 129 valence electrons. The molecule has 0 unspecified atom stereocenters. The van der Waals surface area contributed by atoms with Crippen LogP contribution in [0.4, 0.5) is 5.69 Å². The number of nitrogens with zero attached hydrogens (tertiary/aromatic N) is 2. The Morgan fingerprint density at radius 1 is 1.19 bits per heavy atom. The number of amides is 1. The summed E-state index contributed by atoms with van der Waals surface area (Å²) in [6, 6.07) is 17.4. The molecule has 0 aliphatic carbocycles. The molecule has 0 aliphatic heterocycles. The third-order valence-corrected chi connectivity index (χ3v) is 4.43. The number of aromatic nitrogens is 3. The quantitative estimate of drug-likeness (QED) is 0.583. The van der Waals surface area contributed by atoms with E-state index >= 15 is 0 Å². The van der Waals surface area contributed by atoms with E-state index in [1.165, 1.54) is 0 Å². The Morgan fingerprint density at radius 3 is 2.69 bits per heavy atom. The smallest absolute Gasteiger partial charge is 0.272 e. The minimum Gasteiger partial charge on any atom is -0.347 e. The Morgan fingerprint density at radius 2 is 2.00 bits per heavy atom. The summed E-state index contributed by atoms with van der Waals surface area (Å²) in [6.45, 7) is 3.91. The van der Waals surface area contributed by atoms with Crippen molar-refractivity contribution in [3.8, 4) is 11.4 Å². The Labute approximate surface area is 151 Å². The third kappa shape index (κ3) is 2.99. The molecule has 2 N–H and O–H groups in total. The molecule has 0 atom stereocenters. The van der Waals surface area contributed by atoms with Gasteiger partial charge < -0.3 is 14.9 Å². The molecule has 0 saturated heterocycles. The molecule has 1 radical (unpaired) electrons. The molecular formula is C21H19N4O. The van der Waals surface area contributed by atoms with E-state index in [9.17, 15) is 4.79 Å². The van der Waals surface area contributed by atoms with Gasteiger partial charge in [0.2, 0.25) is 0 Å². The van der Waals surface area contributed by atoms with Crippen molar-refractivity contribution >= 4 is 22.6 Å². The highest BCUT2D eigenvalue weighted by Crippen LogP contribution is 2.23. The molecule has 0 bridgehead atoms. The molecule has 2 heterocycles. The zero-order valence-electron chi connectivity index (χ0n) is 14.5. The number of carbonyl (C=O) groups is 1. The lowest BCUT2D eigenvalue weighted by atomic mass is 10.1. The number of hydrogen-bond donors (Lipinski definition) is 2. The molecule has 0 fully saturated rings. The first-order valence-electron chi connectivity index (χ1n) is 8.45. The molecule has 4 rings (SSSR count). The van der Waals surface area contributed by atoms with Gasteiger partial charge in [0.1, 0.15) is 11.5 Å². The first kappa shape index (κ1) is 16.1. The summed E-state index contributed by atoms with van der Waals surface area (Å²) in [4.78, 5) is 20.3. The summed E-state index contributed by atoms with van der Waals surface area (Å²) >= 11 is 0. The van der Waals surface area contributed by atoms with E-state index in [4.69, 9.17) is 0 Å². The Hall–Kier alpha value is -3.34. The van der Waals surface area contributed by atoms with E-state index in [2.05, 4.69) is 34.3 Å². The largest absolute Gasteiger partial charge is 0.347 e. The normalized spacial score (nSPS) is 11.0. The minimum atomic E-state index is -0.130. The highest BCUT2D eigenvalue weighted by molar-refractivity contribution is 6.03. The summed E-state index contributed by atoms with van der Waals surface area (Å²) in [5.41, 5.74) is 5.42. The molecule has 2 aromatic carbocycles. The van der Waals surface area contributed by atoms with Gasteiger partial charge in [0.25, 0.3) is 5.91 Å². The average Bonchev–Trinajstić information content (AvgIpc) is 3.27. The zero-order chi connectivity index (χ0) is 18.1. The van der Waals surface area contributed by atoms with Crippen molar-refractivity contribution in [2.45, 2.75) is 6.42 Å². The summed E-state index contributed by atoms with van der Waals surface area (Å²) in [7, 11) is 1.85. The van der Waals surface area contributed by atoms with Gasteiger partial charge in [-0.1, -0.05) is 6.07 Å². The van der Waals surface area contributed by atoms with Crippen LogP contribution in [0, 0.1) is 6.92 Å². The maximum atomic E-state index is 12.3. The molecule has 0 spiro atoms. The number of H-pyrrole nitrogens is 1. The van der Waals surface area contributed by atoms with E-state index in [0.29, 0.717) is 5.69 Å². The van der Waals surface area contributed by atoms with Gasteiger partial charge in [-0.15, -0.1) is 0 Å². The summed E-state index contributed by atoms with van der Waals surface area (Å²) in [6.07, 6.45) is 2.59. The van der Waals surface area contributed by atoms with Crippen LogP contribution in [0.2, 0.25) is 0 Å². The van der Waals surface area contributed by atoms with Crippen LogP contribution in [-0.4, -0.2) is 20.4 Å². The number of aromatic amines is 1. The van der Waals surface area contributed by atoms with Crippen LogP contribution in [0.5, 0.6) is 0 Å². The van der Waals surface area contributed by atoms with Crippen molar-refractivity contribution in [1.82, 2.24) is 14.5 Å². The molecule has 2 aromatic heterocycles. The number of benzene rings is 2. The second-order valence-corrected chi connectivity index (χ2v) is 6.22. The topological polar surface area (TPSA) is 62.7 Å². The van der Waals surface area contributed by atoms with Crippen LogP contribution in [-0.2, 0) is 13.5 Å². The molecular weight excluding hydrogens is 324 g/mol. The number of imidazole rings is 1. The highest BCUT2D eigenvalue weighted by atomic mass is 16.1. The van der Waals surface area contributed by atoms with Crippen LogP contribution in [0.1, 0.15) is 16.1 Å². The number of anilines is 1. The van der Waals surface area contributed by atoms with Crippen molar-refractivity contribution in [1.29, 1.82) is 0 Å². The maximum absolute atomic E-state index is 12.3. The van der Waals surface area contributed by atoms with Crippen LogP contribution in [0.15, 0.2) is 60.8 Å². The first-order valence-corrected chi connectivity index (χ1v) is 8.45. The van der Waals surface area contributed by atoms with Gasteiger partial charge >= 0.3 is 0 Å². The van der Waals surface area contributed by atoms with Crippen molar-refractivity contribution in [2.75, 3.05) is 5.32 Å². The molecule has 5 heteroatoms. The fourth-order valence-electron chi connectivity index (χ4n) is 2.95. The van der Waals surface area contributed by atoms with Gasteiger partial charge in [-0.3, -0.25) is 4.79 Å². The standard InChI is InChI=1S/C21H19N4O/c1-3-14-6-11-17-18(13-14)24-20(23-17)15-7-9-16(10-8-15)22-21(26)19-5-4-12-25(19)2/h4-13H,1,3H2,2H3,(H,22,26)(H,23,24). The SMILES string of the molecule is [CH2]Cc1ccc2[nH]c(-c3ccc(NC(=O)c4cccn4C)cc3)nc2c1. The zero-order valence-corrected chi connectivity index (χ0v) is 14.5. The van der Waals surface area contributed by atoms with Gasteiger partial charge in [0.05, 0.1) is 11.0 Å². The summed E-state index contributed by atoms with van der Waals surface area (Å²) < 4.78 is 1.79. The van der Waals surface area contributed by atoms with Crippen molar-refractivity contribution in [3.63, 3.8) is 0 Å². The van der Waals surface area contributed by atoms with Crippen LogP contribution < -0.4 is 5.32 Å². The van der Waals surface area contributed by atoms with E-state index in [1.54, 1.807) is 10.6 Å². The Bertz CT molecular complexity index is 1070. The number of carbonyl (C=O) groups excluding carboxylic acids is 1. The van der Waals surface area contributed by atoms with Crippen LogP contribution in [0.3, 0.4) is 0 Å². The Balaban J connectivity index is 1.56. The summed E-state index contributed by atoms with van der Waals surface area (Å²) in [5, 5.41) is 2.91. The van der Waals surface area contributed by atoms with Gasteiger partial charge in [-0.05, 0) is 67.4 Å². The second-order valence-electron chi connectivity index (χ2n) is 6.22. The van der Waals surface area contributed by atoms with Gasteiger partial charge in [0, 0.05) is 24.5 Å².